The van der Waals surface area contributed by atoms with Crippen molar-refractivity contribution in [1.82, 2.24) is 5.32 Å². The molecule has 0 bridgehead atoms. The molecule has 0 aliphatic rings. The van der Waals surface area contributed by atoms with Gasteiger partial charge in [0.25, 0.3) is 5.91 Å². The van der Waals surface area contributed by atoms with Crippen LogP contribution in [0.4, 0.5) is 0 Å². The summed E-state index contributed by atoms with van der Waals surface area (Å²) in [6, 6.07) is 4.22. The third-order valence-corrected chi connectivity index (χ3v) is 2.87. The summed E-state index contributed by atoms with van der Waals surface area (Å²) in [6.07, 6.45) is 1.32. The van der Waals surface area contributed by atoms with E-state index in [4.69, 9.17) is 15.2 Å². The summed E-state index contributed by atoms with van der Waals surface area (Å²) in [4.78, 5) is 15.9. The number of hydrogen-bond acceptors (Lipinski definition) is 5. The molecule has 0 saturated heterocycles. The van der Waals surface area contributed by atoms with Crippen LogP contribution >= 0.6 is 0 Å². The number of amidine groups is 1. The minimum Gasteiger partial charge on any atom is -0.508 e. The fourth-order valence-corrected chi connectivity index (χ4v) is 1.78. The number of hydrogen-bond donors (Lipinski definition) is 3. The molecule has 1 aromatic rings. The second-order valence-corrected chi connectivity index (χ2v) is 5.02. The van der Waals surface area contributed by atoms with Gasteiger partial charge in [0.15, 0.2) is 0 Å². The SMILES string of the molecule is CN/C(C)=C\C(N)=NC(=O)c1cc(O)cc(OC(C)COC)c1. The Bertz CT molecular complexity index is 611. The van der Waals surface area contributed by atoms with E-state index in [1.165, 1.54) is 18.2 Å². The number of aromatic hydroxyl groups is 1. The summed E-state index contributed by atoms with van der Waals surface area (Å²) >= 11 is 0. The Kier molecular flexibility index (Phi) is 7.08. The minimum atomic E-state index is -0.567. The maximum atomic E-state index is 12.1. The van der Waals surface area contributed by atoms with Crippen molar-refractivity contribution >= 4 is 11.7 Å². The van der Waals surface area contributed by atoms with Crippen molar-refractivity contribution in [2.75, 3.05) is 20.8 Å². The van der Waals surface area contributed by atoms with E-state index in [9.17, 15) is 9.90 Å². The fourth-order valence-electron chi connectivity index (χ4n) is 1.78. The first-order valence-electron chi connectivity index (χ1n) is 7.10. The van der Waals surface area contributed by atoms with Crippen molar-refractivity contribution in [3.05, 3.63) is 35.5 Å². The molecule has 0 saturated carbocycles. The molecular weight excluding hydrogens is 298 g/mol. The number of methoxy groups -OCH3 is 1. The van der Waals surface area contributed by atoms with Crippen LogP contribution in [0.3, 0.4) is 0 Å². The van der Waals surface area contributed by atoms with Crippen molar-refractivity contribution in [2.24, 2.45) is 10.7 Å². The molecule has 0 heterocycles. The van der Waals surface area contributed by atoms with Crippen molar-refractivity contribution in [2.45, 2.75) is 20.0 Å². The molecular formula is C16H23N3O4. The van der Waals surface area contributed by atoms with Crippen LogP contribution in [0.2, 0.25) is 0 Å². The van der Waals surface area contributed by atoms with Crippen LogP contribution in [0.25, 0.3) is 0 Å². The zero-order chi connectivity index (χ0) is 17.4. The highest BCUT2D eigenvalue weighted by molar-refractivity contribution is 6.06. The summed E-state index contributed by atoms with van der Waals surface area (Å²) in [7, 11) is 3.30. The summed E-state index contributed by atoms with van der Waals surface area (Å²) in [6.45, 7) is 4.00. The molecule has 7 nitrogen and oxygen atoms in total. The van der Waals surface area contributed by atoms with Crippen LogP contribution in [0.5, 0.6) is 11.5 Å². The van der Waals surface area contributed by atoms with Crippen LogP contribution in [0.1, 0.15) is 24.2 Å². The smallest absolute Gasteiger partial charge is 0.279 e. The Morgan fingerprint density at radius 3 is 2.78 bits per heavy atom. The number of allylic oxidation sites excluding steroid dienone is 1. The molecule has 126 valence electrons. The number of carbonyl (C=O) groups is 1. The summed E-state index contributed by atoms with van der Waals surface area (Å²) in [5.41, 5.74) is 6.64. The van der Waals surface area contributed by atoms with Gasteiger partial charge < -0.3 is 25.6 Å². The number of phenolic OH excluding ortho intramolecular Hbond substituents is 1. The van der Waals surface area contributed by atoms with E-state index >= 15 is 0 Å². The van der Waals surface area contributed by atoms with Crippen LogP contribution in [0, 0.1) is 0 Å². The van der Waals surface area contributed by atoms with E-state index in [2.05, 4.69) is 10.3 Å². The second kappa shape index (κ2) is 8.79. The normalized spacial score (nSPS) is 13.6. The maximum absolute atomic E-state index is 12.1. The molecule has 1 aromatic carbocycles. The lowest BCUT2D eigenvalue weighted by Gasteiger charge is -2.14. The first-order chi connectivity index (χ1) is 10.8. The molecule has 0 aliphatic carbocycles. The van der Waals surface area contributed by atoms with Gasteiger partial charge in [0.1, 0.15) is 23.4 Å². The highest BCUT2D eigenvalue weighted by Gasteiger charge is 2.11. The Morgan fingerprint density at radius 1 is 1.48 bits per heavy atom. The van der Waals surface area contributed by atoms with Gasteiger partial charge in [-0.05, 0) is 32.1 Å². The molecule has 4 N–H and O–H groups in total. The average molecular weight is 321 g/mol. The van der Waals surface area contributed by atoms with Gasteiger partial charge in [0.2, 0.25) is 0 Å². The number of aliphatic imine (C=N–C) groups is 1. The molecule has 1 rings (SSSR count). The zero-order valence-electron chi connectivity index (χ0n) is 13.8. The monoisotopic (exact) mass is 321 g/mol. The summed E-state index contributed by atoms with van der Waals surface area (Å²) in [5, 5.41) is 12.6. The largest absolute Gasteiger partial charge is 0.508 e. The van der Waals surface area contributed by atoms with Crippen molar-refractivity contribution in [3.63, 3.8) is 0 Å². The van der Waals surface area contributed by atoms with Crippen molar-refractivity contribution in [1.29, 1.82) is 0 Å². The van der Waals surface area contributed by atoms with Gasteiger partial charge >= 0.3 is 0 Å². The molecule has 0 radical (unpaired) electrons. The van der Waals surface area contributed by atoms with Crippen molar-refractivity contribution in [3.8, 4) is 11.5 Å². The van der Waals surface area contributed by atoms with Crippen LogP contribution in [0.15, 0.2) is 35.0 Å². The maximum Gasteiger partial charge on any atom is 0.279 e. The molecule has 23 heavy (non-hydrogen) atoms. The number of rotatable bonds is 7. The summed E-state index contributed by atoms with van der Waals surface area (Å²) in [5.74, 6) is -0.233. The Balaban J connectivity index is 2.97. The quantitative estimate of drug-likeness (QED) is 0.518. The lowest BCUT2D eigenvalue weighted by Crippen LogP contribution is -2.18. The van der Waals surface area contributed by atoms with Crippen LogP contribution < -0.4 is 15.8 Å². The number of carbonyl (C=O) groups excluding carboxylic acids is 1. The number of phenols is 1. The minimum absolute atomic E-state index is 0.0698. The zero-order valence-corrected chi connectivity index (χ0v) is 13.8. The van der Waals surface area contributed by atoms with E-state index in [1.54, 1.807) is 27.2 Å². The molecule has 7 heteroatoms. The van der Waals surface area contributed by atoms with Gasteiger partial charge in [-0.2, -0.15) is 4.99 Å². The van der Waals surface area contributed by atoms with Crippen molar-refractivity contribution < 1.29 is 19.4 Å². The molecule has 1 amide bonds. The molecule has 1 unspecified atom stereocenters. The first-order valence-corrected chi connectivity index (χ1v) is 7.10. The van der Waals surface area contributed by atoms with Gasteiger partial charge in [-0.3, -0.25) is 4.79 Å². The number of nitrogens with one attached hydrogen (secondary N) is 1. The van der Waals surface area contributed by atoms with Gasteiger partial charge in [-0.1, -0.05) is 0 Å². The van der Waals surface area contributed by atoms with E-state index in [0.717, 1.165) is 5.70 Å². The molecule has 0 aromatic heterocycles. The Morgan fingerprint density at radius 2 is 2.17 bits per heavy atom. The topological polar surface area (TPSA) is 106 Å². The van der Waals surface area contributed by atoms with Crippen LogP contribution in [-0.4, -0.2) is 43.7 Å². The fraction of sp³-hybridized carbons (Fsp3) is 0.375. The second-order valence-electron chi connectivity index (χ2n) is 5.02. The molecule has 0 aliphatic heterocycles. The molecule has 1 atom stereocenters. The highest BCUT2D eigenvalue weighted by atomic mass is 16.5. The van der Waals surface area contributed by atoms with E-state index in [0.29, 0.717) is 12.4 Å². The third-order valence-electron chi connectivity index (χ3n) is 2.87. The van der Waals surface area contributed by atoms with E-state index in [-0.39, 0.29) is 23.3 Å². The van der Waals surface area contributed by atoms with E-state index in [1.807, 2.05) is 6.92 Å². The molecule has 0 spiro atoms. The molecule has 0 fully saturated rings. The van der Waals surface area contributed by atoms with Gasteiger partial charge in [0, 0.05) is 31.5 Å². The third kappa shape index (κ3) is 6.39. The Hall–Kier alpha value is -2.54. The van der Waals surface area contributed by atoms with Gasteiger partial charge in [-0.15, -0.1) is 0 Å². The lowest BCUT2D eigenvalue weighted by molar-refractivity contribution is 0.0914. The Labute approximate surface area is 135 Å². The number of nitrogens with zero attached hydrogens (tertiary/aromatic N) is 1. The average Bonchev–Trinajstić information content (AvgIpc) is 2.46. The standard InChI is InChI=1S/C16H23N3O4/c1-10(18-3)5-15(17)19-16(21)12-6-13(20)8-14(7-12)23-11(2)9-22-4/h5-8,11,18,20H,9H2,1-4H3,(H2,17,19,21)/b10-5-. The summed E-state index contributed by atoms with van der Waals surface area (Å²) < 4.78 is 10.6. The predicted molar refractivity (Wildman–Crippen MR) is 88.8 cm³/mol. The van der Waals surface area contributed by atoms with E-state index < -0.39 is 5.91 Å². The van der Waals surface area contributed by atoms with Gasteiger partial charge in [0.05, 0.1) is 6.61 Å². The number of amides is 1. The number of benzene rings is 1. The number of nitrogens with two attached hydrogens (primary N) is 1. The highest BCUT2D eigenvalue weighted by Crippen LogP contribution is 2.23. The predicted octanol–water partition coefficient (Wildman–Crippen LogP) is 1.43. The first kappa shape index (κ1) is 18.5. The van der Waals surface area contributed by atoms with Crippen LogP contribution in [-0.2, 0) is 4.74 Å². The lowest BCUT2D eigenvalue weighted by atomic mass is 10.2. The van der Waals surface area contributed by atoms with Gasteiger partial charge in [-0.25, -0.2) is 0 Å². The number of ether oxygens (including phenoxy) is 2.